The standard InChI is InChI=1S/C10H14N2.V/c1-2-3-4-5-12-8-9-6-10(12)7-11-9;/h1-5,9-11H,6-8H2;/b3-2-,5-4?;. The average Bonchev–Trinajstić information content (AvgIpc) is 2.73. The van der Waals surface area contributed by atoms with Gasteiger partial charge in [-0.05, 0) is 0 Å². The van der Waals surface area contributed by atoms with Crippen molar-refractivity contribution in [3.63, 3.8) is 0 Å². The molecule has 13 heavy (non-hydrogen) atoms. The Morgan fingerprint density at radius 1 is 1.31 bits per heavy atom. The molecule has 2 aliphatic rings. The second-order valence-electron chi connectivity index (χ2n) is 3.57. The first-order valence-corrected chi connectivity index (χ1v) is 5.51. The van der Waals surface area contributed by atoms with Gasteiger partial charge in [-0.2, -0.15) is 0 Å². The van der Waals surface area contributed by atoms with Gasteiger partial charge in [-0.25, -0.2) is 0 Å². The van der Waals surface area contributed by atoms with E-state index in [1.54, 1.807) is 0 Å². The minimum atomic E-state index is 0.744. The van der Waals surface area contributed by atoms with E-state index in [0.717, 1.165) is 18.6 Å². The Morgan fingerprint density at radius 2 is 2.23 bits per heavy atom. The Kier molecular flexibility index (Phi) is 3.04. The molecule has 0 aromatic carbocycles. The van der Waals surface area contributed by atoms with Crippen molar-refractivity contribution in [1.82, 2.24) is 10.2 Å². The number of nitrogens with one attached hydrogen (secondary N) is 1. The van der Waals surface area contributed by atoms with Crippen LogP contribution in [-0.4, -0.2) is 34.8 Å². The Hall–Kier alpha value is -0.306. The van der Waals surface area contributed by atoms with Crippen molar-refractivity contribution in [3.05, 3.63) is 24.4 Å². The van der Waals surface area contributed by atoms with Crippen molar-refractivity contribution < 1.29 is 17.0 Å². The summed E-state index contributed by atoms with van der Waals surface area (Å²) in [6.07, 6.45) is 9.74. The molecule has 2 atom stereocenters. The van der Waals surface area contributed by atoms with E-state index in [1.807, 2.05) is 10.8 Å². The monoisotopic (exact) mass is 213 g/mol. The molecular weight excluding hydrogens is 199 g/mol. The van der Waals surface area contributed by atoms with E-state index in [1.165, 1.54) is 13.0 Å². The molecule has 0 amide bonds. The summed E-state index contributed by atoms with van der Waals surface area (Å²) < 4.78 is 1.98. The predicted octanol–water partition coefficient (Wildman–Crippen LogP) is 0.451. The first-order chi connectivity index (χ1) is 6.40. The van der Waals surface area contributed by atoms with Crippen molar-refractivity contribution in [3.8, 4) is 0 Å². The fraction of sp³-hybridized carbons (Fsp3) is 0.500. The summed E-state index contributed by atoms with van der Waals surface area (Å²) in [4.78, 5) is 2.44. The molecule has 2 saturated heterocycles. The van der Waals surface area contributed by atoms with Crippen LogP contribution in [0.5, 0.6) is 0 Å². The Balaban J connectivity index is 1.86. The molecule has 3 heteroatoms. The number of rotatable bonds is 3. The van der Waals surface area contributed by atoms with Gasteiger partial charge < -0.3 is 0 Å². The number of nitrogens with zero attached hydrogens (tertiary/aromatic N) is 1. The SMILES string of the molecule is [V]=[CH]/C=C\C=CN1CC2CC1CN2. The van der Waals surface area contributed by atoms with Gasteiger partial charge in [0.25, 0.3) is 0 Å². The van der Waals surface area contributed by atoms with Gasteiger partial charge in [-0.3, -0.25) is 0 Å². The number of piperazine rings is 1. The van der Waals surface area contributed by atoms with Gasteiger partial charge in [0, 0.05) is 0 Å². The number of hydrogen-bond donors (Lipinski definition) is 1. The van der Waals surface area contributed by atoms with Gasteiger partial charge in [0.15, 0.2) is 0 Å². The van der Waals surface area contributed by atoms with Crippen LogP contribution in [0.3, 0.4) is 0 Å². The van der Waals surface area contributed by atoms with Crippen molar-refractivity contribution in [1.29, 1.82) is 0 Å². The molecule has 2 rings (SSSR count). The molecule has 0 aliphatic carbocycles. The molecule has 2 heterocycles. The molecule has 2 aliphatic heterocycles. The predicted molar refractivity (Wildman–Crippen MR) is 51.2 cm³/mol. The molecule has 1 N–H and O–H groups in total. The molecular formula is C10H14N2V. The van der Waals surface area contributed by atoms with E-state index in [-0.39, 0.29) is 0 Å². The summed E-state index contributed by atoms with van der Waals surface area (Å²) in [5, 5.41) is 3.49. The second kappa shape index (κ2) is 4.27. The average molecular weight is 213 g/mol. The van der Waals surface area contributed by atoms with E-state index in [2.05, 4.69) is 45.5 Å². The van der Waals surface area contributed by atoms with Crippen molar-refractivity contribution in [2.45, 2.75) is 18.5 Å². The molecule has 69 valence electrons. The molecule has 0 saturated carbocycles. The topological polar surface area (TPSA) is 15.3 Å². The number of fused-ring (bicyclic) bond motifs is 2. The Labute approximate surface area is 88.2 Å². The summed E-state index contributed by atoms with van der Waals surface area (Å²) in [5.41, 5.74) is 0. The zero-order chi connectivity index (χ0) is 9.10. The van der Waals surface area contributed by atoms with Crippen LogP contribution in [0.15, 0.2) is 24.4 Å². The summed E-state index contributed by atoms with van der Waals surface area (Å²) >= 11 is 2.43. The van der Waals surface area contributed by atoms with E-state index in [0.29, 0.717) is 0 Å². The van der Waals surface area contributed by atoms with Crippen LogP contribution < -0.4 is 5.32 Å². The minimum absolute atomic E-state index is 0.744. The summed E-state index contributed by atoms with van der Waals surface area (Å²) in [7, 11) is 0. The quantitative estimate of drug-likeness (QED) is 0.685. The third kappa shape index (κ3) is 2.13. The van der Waals surface area contributed by atoms with Crippen LogP contribution in [-0.2, 0) is 17.0 Å². The van der Waals surface area contributed by atoms with Crippen LogP contribution in [0, 0.1) is 0 Å². The third-order valence-electron chi connectivity index (χ3n) is 2.68. The van der Waals surface area contributed by atoms with Crippen LogP contribution in [0.1, 0.15) is 6.42 Å². The zero-order valence-corrected chi connectivity index (χ0v) is 8.95. The number of likely N-dealkylation sites (tertiary alicyclic amines) is 1. The Bertz CT molecular complexity index is 247. The molecule has 2 fully saturated rings. The van der Waals surface area contributed by atoms with Gasteiger partial charge in [-0.1, -0.05) is 0 Å². The van der Waals surface area contributed by atoms with Crippen molar-refractivity contribution in [2.75, 3.05) is 13.1 Å². The molecule has 0 aromatic heterocycles. The van der Waals surface area contributed by atoms with Crippen LogP contribution in [0.4, 0.5) is 0 Å². The maximum absolute atomic E-state index is 3.49. The van der Waals surface area contributed by atoms with Gasteiger partial charge in [0.1, 0.15) is 0 Å². The first-order valence-electron chi connectivity index (χ1n) is 4.70. The van der Waals surface area contributed by atoms with Gasteiger partial charge in [0.05, 0.1) is 0 Å². The van der Waals surface area contributed by atoms with E-state index < -0.39 is 0 Å². The van der Waals surface area contributed by atoms with E-state index in [4.69, 9.17) is 0 Å². The van der Waals surface area contributed by atoms with Crippen LogP contribution in [0.2, 0.25) is 0 Å². The summed E-state index contributed by atoms with van der Waals surface area (Å²) in [6, 6.07) is 1.49. The fourth-order valence-electron chi connectivity index (χ4n) is 2.05. The second-order valence-corrected chi connectivity index (χ2v) is 4.03. The number of hydrogen-bond acceptors (Lipinski definition) is 2. The van der Waals surface area contributed by atoms with E-state index in [9.17, 15) is 0 Å². The van der Waals surface area contributed by atoms with Crippen molar-refractivity contribution >= 4 is 4.73 Å². The van der Waals surface area contributed by atoms with Gasteiger partial charge >= 0.3 is 87.9 Å². The van der Waals surface area contributed by atoms with E-state index >= 15 is 0 Å². The zero-order valence-electron chi connectivity index (χ0n) is 7.56. The molecule has 0 spiro atoms. The molecule has 2 unspecified atom stereocenters. The van der Waals surface area contributed by atoms with Crippen LogP contribution in [0.25, 0.3) is 0 Å². The third-order valence-corrected chi connectivity index (χ3v) is 2.95. The fourth-order valence-corrected chi connectivity index (χ4v) is 2.20. The van der Waals surface area contributed by atoms with Gasteiger partial charge in [0.2, 0.25) is 0 Å². The molecule has 2 bridgehead atoms. The molecule has 0 aromatic rings. The summed E-state index contributed by atoms with van der Waals surface area (Å²) in [6.45, 7) is 2.34. The van der Waals surface area contributed by atoms with Crippen LogP contribution >= 0.6 is 0 Å². The first kappa shape index (κ1) is 9.26. The molecule has 0 radical (unpaired) electrons. The molecule has 2 nitrogen and oxygen atoms in total. The maximum atomic E-state index is 3.49. The summed E-state index contributed by atoms with van der Waals surface area (Å²) in [5.74, 6) is 0. The normalized spacial score (nSPS) is 32.4. The number of allylic oxidation sites excluding steroid dienone is 3. The van der Waals surface area contributed by atoms with Gasteiger partial charge in [-0.15, -0.1) is 0 Å². The van der Waals surface area contributed by atoms with Crippen molar-refractivity contribution in [2.24, 2.45) is 0 Å². The Morgan fingerprint density at radius 3 is 2.85 bits per heavy atom.